The van der Waals surface area contributed by atoms with Crippen molar-refractivity contribution in [3.05, 3.63) is 84.4 Å². The first-order valence-electron chi connectivity index (χ1n) is 13.1. The predicted octanol–water partition coefficient (Wildman–Crippen LogP) is 5.35. The van der Waals surface area contributed by atoms with E-state index >= 15 is 0 Å². The maximum Gasteiger partial charge on any atom is 0.334 e. The number of nitrogens with zero attached hydrogens (tertiary/aromatic N) is 5. The molecule has 0 saturated heterocycles. The van der Waals surface area contributed by atoms with Crippen molar-refractivity contribution in [1.82, 2.24) is 20.6 Å². The van der Waals surface area contributed by atoms with Crippen LogP contribution < -0.4 is 4.90 Å². The van der Waals surface area contributed by atoms with E-state index in [1.807, 2.05) is 77.9 Å². The van der Waals surface area contributed by atoms with Crippen LogP contribution >= 0.6 is 10.5 Å². The number of anilines is 1. The summed E-state index contributed by atoms with van der Waals surface area (Å²) >= 11 is 0. The number of benzene rings is 3. The Kier molecular flexibility index (Phi) is 8.26. The summed E-state index contributed by atoms with van der Waals surface area (Å²) in [6.07, 6.45) is 3.63. The standard InChI is InChI=1S/C30H30N6O3S/c1-4-11-25-26(29(38)39-5-2)36(30(40(25)3)31-28(37)21-12-7-6-8-13-21)22-18-16-20(17-19-22)23-14-9-10-15-24(23)27-32-34-35-33-27/h6-10,12-19,26H,4-5,11H2,1-3H3,(H,32,33,34,35). The summed E-state index contributed by atoms with van der Waals surface area (Å²) in [6.45, 7) is 4.14. The van der Waals surface area contributed by atoms with E-state index in [9.17, 15) is 9.59 Å². The Morgan fingerprint density at radius 3 is 2.33 bits per heavy atom. The molecule has 0 spiro atoms. The molecular formula is C30H30N6O3S. The van der Waals surface area contributed by atoms with Gasteiger partial charge in [0.25, 0.3) is 5.91 Å². The number of hydrogen-bond acceptors (Lipinski definition) is 6. The molecule has 204 valence electrons. The Labute approximate surface area is 235 Å². The van der Waals surface area contributed by atoms with Crippen LogP contribution in [0, 0.1) is 0 Å². The van der Waals surface area contributed by atoms with E-state index in [2.05, 4.69) is 32.5 Å². The first-order chi connectivity index (χ1) is 19.5. The molecule has 1 amide bonds. The fourth-order valence-corrected chi connectivity index (χ4v) is 6.81. The summed E-state index contributed by atoms with van der Waals surface area (Å²) < 4.78 is 5.53. The lowest BCUT2D eigenvalue weighted by Crippen LogP contribution is -2.45. The molecule has 1 aromatic heterocycles. The SMILES string of the molecule is CCCC1=S(C)C(=NC(=O)c2ccccc2)N(c2ccc(-c3ccccc3-c3nn[nH]n3)cc2)C1C(=O)OCC. The average Bonchev–Trinajstić information content (AvgIpc) is 3.62. The molecule has 40 heavy (non-hydrogen) atoms. The van der Waals surface area contributed by atoms with Gasteiger partial charge in [-0.3, -0.25) is 4.79 Å². The van der Waals surface area contributed by atoms with E-state index in [-0.39, 0.29) is 18.5 Å². The molecule has 5 rings (SSSR count). The summed E-state index contributed by atoms with van der Waals surface area (Å²) in [6, 6.07) is 24.0. The zero-order chi connectivity index (χ0) is 28.1. The summed E-state index contributed by atoms with van der Waals surface area (Å²) in [5.74, 6) is -0.176. The van der Waals surface area contributed by atoms with Gasteiger partial charge in [0, 0.05) is 16.8 Å². The molecule has 0 saturated carbocycles. The van der Waals surface area contributed by atoms with Gasteiger partial charge in [0.15, 0.2) is 11.2 Å². The quantitative estimate of drug-likeness (QED) is 0.231. The Hall–Kier alpha value is -4.44. The molecule has 1 aliphatic heterocycles. The molecule has 2 atom stereocenters. The molecule has 0 aliphatic carbocycles. The van der Waals surface area contributed by atoms with Crippen LogP contribution in [0.15, 0.2) is 83.9 Å². The number of esters is 1. The number of rotatable bonds is 8. The van der Waals surface area contributed by atoms with Crippen molar-refractivity contribution in [2.24, 2.45) is 4.99 Å². The first kappa shape index (κ1) is 27.1. The summed E-state index contributed by atoms with van der Waals surface area (Å²) in [5.41, 5.74) is 3.99. The van der Waals surface area contributed by atoms with Crippen LogP contribution in [-0.2, 0) is 9.53 Å². The van der Waals surface area contributed by atoms with Crippen LogP contribution in [0.3, 0.4) is 0 Å². The Bertz CT molecular complexity index is 1570. The van der Waals surface area contributed by atoms with Crippen LogP contribution in [0.1, 0.15) is 37.0 Å². The Morgan fingerprint density at radius 2 is 1.68 bits per heavy atom. The number of aromatic nitrogens is 4. The second-order valence-electron chi connectivity index (χ2n) is 9.14. The van der Waals surface area contributed by atoms with Gasteiger partial charge < -0.3 is 9.64 Å². The maximum atomic E-state index is 13.4. The van der Waals surface area contributed by atoms with Crippen molar-refractivity contribution in [1.29, 1.82) is 0 Å². The molecule has 9 nitrogen and oxygen atoms in total. The number of carbonyl (C=O) groups is 2. The van der Waals surface area contributed by atoms with Gasteiger partial charge >= 0.3 is 5.97 Å². The molecular weight excluding hydrogens is 524 g/mol. The zero-order valence-electron chi connectivity index (χ0n) is 22.6. The highest BCUT2D eigenvalue weighted by molar-refractivity contribution is 8.29. The van der Waals surface area contributed by atoms with Gasteiger partial charge in [-0.15, -0.1) is 20.7 Å². The third kappa shape index (κ3) is 5.35. The predicted molar refractivity (Wildman–Crippen MR) is 160 cm³/mol. The van der Waals surface area contributed by atoms with Crippen LogP contribution in [0.5, 0.6) is 0 Å². The molecule has 4 aromatic rings. The van der Waals surface area contributed by atoms with Gasteiger partial charge in [0.1, 0.15) is 0 Å². The monoisotopic (exact) mass is 554 g/mol. The Morgan fingerprint density at radius 1 is 0.975 bits per heavy atom. The smallest absolute Gasteiger partial charge is 0.334 e. The topological polar surface area (TPSA) is 113 Å². The highest BCUT2D eigenvalue weighted by atomic mass is 32.2. The largest absolute Gasteiger partial charge is 0.464 e. The molecule has 2 heterocycles. The molecule has 1 N–H and O–H groups in total. The number of hydrogen-bond donors (Lipinski definition) is 1. The van der Waals surface area contributed by atoms with Gasteiger partial charge in [-0.1, -0.05) is 67.9 Å². The van der Waals surface area contributed by atoms with Crippen molar-refractivity contribution in [3.8, 4) is 22.5 Å². The Balaban J connectivity index is 1.59. The summed E-state index contributed by atoms with van der Waals surface area (Å²) in [7, 11) is -0.549. The minimum atomic E-state index is -0.659. The number of tetrazole rings is 1. The van der Waals surface area contributed by atoms with Gasteiger partial charge in [-0.2, -0.15) is 10.2 Å². The van der Waals surface area contributed by atoms with Crippen LogP contribution in [-0.4, -0.2) is 61.4 Å². The molecule has 0 fully saturated rings. The molecule has 0 radical (unpaired) electrons. The van der Waals surface area contributed by atoms with E-state index < -0.39 is 16.5 Å². The van der Waals surface area contributed by atoms with Crippen LogP contribution in [0.25, 0.3) is 22.5 Å². The minimum absolute atomic E-state index is 0.265. The number of ether oxygens (including phenoxy) is 1. The van der Waals surface area contributed by atoms with Crippen molar-refractivity contribution in [2.45, 2.75) is 32.7 Å². The number of amidine groups is 1. The number of carbonyl (C=O) groups excluding carboxylic acids is 2. The van der Waals surface area contributed by atoms with Crippen molar-refractivity contribution >= 4 is 38.1 Å². The van der Waals surface area contributed by atoms with Crippen molar-refractivity contribution < 1.29 is 14.3 Å². The zero-order valence-corrected chi connectivity index (χ0v) is 23.4. The fraction of sp³-hybridized carbons (Fsp3) is 0.233. The number of amides is 1. The lowest BCUT2D eigenvalue weighted by Gasteiger charge is -2.27. The molecule has 3 aromatic carbocycles. The highest BCUT2D eigenvalue weighted by Gasteiger charge is 2.41. The lowest BCUT2D eigenvalue weighted by molar-refractivity contribution is -0.142. The highest BCUT2D eigenvalue weighted by Crippen LogP contribution is 2.38. The lowest BCUT2D eigenvalue weighted by atomic mass is 9.98. The van der Waals surface area contributed by atoms with E-state index in [1.54, 1.807) is 19.1 Å². The van der Waals surface area contributed by atoms with Crippen molar-refractivity contribution in [2.75, 3.05) is 17.8 Å². The number of aliphatic imine (C=N–C) groups is 1. The van der Waals surface area contributed by atoms with E-state index in [0.717, 1.165) is 40.1 Å². The number of aromatic amines is 1. The molecule has 1 aliphatic rings. The third-order valence-corrected chi connectivity index (χ3v) is 8.68. The molecule has 2 unspecified atom stereocenters. The molecule has 0 bridgehead atoms. The normalized spacial score (nSPS) is 17.8. The van der Waals surface area contributed by atoms with Crippen LogP contribution in [0.2, 0.25) is 0 Å². The second kappa shape index (κ2) is 12.2. The minimum Gasteiger partial charge on any atom is -0.464 e. The third-order valence-electron chi connectivity index (χ3n) is 6.63. The first-order valence-corrected chi connectivity index (χ1v) is 14.8. The van der Waals surface area contributed by atoms with Gasteiger partial charge in [-0.25, -0.2) is 4.79 Å². The van der Waals surface area contributed by atoms with Crippen molar-refractivity contribution in [3.63, 3.8) is 0 Å². The maximum absolute atomic E-state index is 13.4. The number of nitrogens with one attached hydrogen (secondary N) is 1. The summed E-state index contributed by atoms with van der Waals surface area (Å²) in [4.78, 5) is 34.1. The van der Waals surface area contributed by atoms with E-state index in [4.69, 9.17) is 4.74 Å². The fourth-order valence-electron chi connectivity index (χ4n) is 4.80. The van der Waals surface area contributed by atoms with Gasteiger partial charge in [0.05, 0.1) is 6.61 Å². The second-order valence-corrected chi connectivity index (χ2v) is 11.1. The summed E-state index contributed by atoms with van der Waals surface area (Å²) in [5, 5.41) is 15.0. The van der Waals surface area contributed by atoms with E-state index in [0.29, 0.717) is 16.6 Å². The van der Waals surface area contributed by atoms with Crippen LogP contribution in [0.4, 0.5) is 5.69 Å². The number of H-pyrrole nitrogens is 1. The molecule has 10 heteroatoms. The average molecular weight is 555 g/mol. The van der Waals surface area contributed by atoms with Gasteiger partial charge in [-0.05, 0) is 65.1 Å². The van der Waals surface area contributed by atoms with E-state index in [1.165, 1.54) is 0 Å². The van der Waals surface area contributed by atoms with Gasteiger partial charge in [0.2, 0.25) is 5.82 Å².